The number of hydrogen-bond acceptors (Lipinski definition) is 9. The smallest absolute Gasteiger partial charge is 0.324 e. The number of nitro benzene ring substituents is 3. The van der Waals surface area contributed by atoms with Crippen molar-refractivity contribution in [2.75, 3.05) is 26.2 Å². The summed E-state index contributed by atoms with van der Waals surface area (Å²) in [5.74, 6) is 0.649. The molecule has 2 aliphatic rings. The zero-order chi connectivity index (χ0) is 18.6. The third-order valence-electron chi connectivity index (χ3n) is 4.06. The van der Waals surface area contributed by atoms with Crippen LogP contribution < -0.4 is 10.6 Å². The van der Waals surface area contributed by atoms with Crippen LogP contribution in [0, 0.1) is 42.2 Å². The molecule has 136 valence electrons. The minimum Gasteiger partial charge on any atom is -0.497 e. The van der Waals surface area contributed by atoms with Crippen molar-refractivity contribution >= 4 is 17.1 Å². The number of fused-ring (bicyclic) bond motifs is 2. The van der Waals surface area contributed by atoms with Gasteiger partial charge in [0.15, 0.2) is 0 Å². The van der Waals surface area contributed by atoms with Crippen LogP contribution in [0.2, 0.25) is 0 Å². The second kappa shape index (κ2) is 7.81. The van der Waals surface area contributed by atoms with Gasteiger partial charge in [-0.2, -0.15) is 0 Å². The van der Waals surface area contributed by atoms with Gasteiger partial charge in [0.2, 0.25) is 0 Å². The van der Waals surface area contributed by atoms with Gasteiger partial charge in [-0.1, -0.05) is 0 Å². The van der Waals surface area contributed by atoms with E-state index >= 15 is 0 Å². The van der Waals surface area contributed by atoms with Crippen molar-refractivity contribution in [1.29, 1.82) is 0 Å². The van der Waals surface area contributed by atoms with Crippen molar-refractivity contribution in [3.05, 3.63) is 42.5 Å². The Morgan fingerprint density at radius 2 is 1.24 bits per heavy atom. The first-order valence-corrected chi connectivity index (χ1v) is 7.51. The van der Waals surface area contributed by atoms with Crippen LogP contribution in [0.4, 0.5) is 17.1 Å². The Morgan fingerprint density at radius 3 is 1.52 bits per heavy atom. The molecule has 0 radical (unpaired) electrons. The highest BCUT2D eigenvalue weighted by molar-refractivity contribution is 5.64. The van der Waals surface area contributed by atoms with Gasteiger partial charge < -0.3 is 15.7 Å². The highest BCUT2D eigenvalue weighted by atomic mass is 16.6. The Bertz CT molecular complexity index is 640. The zero-order valence-electron chi connectivity index (χ0n) is 13.1. The Kier molecular flexibility index (Phi) is 5.77. The van der Waals surface area contributed by atoms with E-state index in [4.69, 9.17) is 5.11 Å². The Hall–Kier alpha value is -2.86. The van der Waals surface area contributed by atoms with Crippen LogP contribution in [0.25, 0.3) is 0 Å². The summed E-state index contributed by atoms with van der Waals surface area (Å²) >= 11 is 0. The maximum atomic E-state index is 10.4. The van der Waals surface area contributed by atoms with E-state index in [0.717, 1.165) is 11.8 Å². The molecule has 2 heterocycles. The van der Waals surface area contributed by atoms with Crippen LogP contribution in [0.3, 0.4) is 0 Å². The van der Waals surface area contributed by atoms with Crippen molar-refractivity contribution in [3.8, 4) is 5.75 Å². The third-order valence-corrected chi connectivity index (χ3v) is 4.06. The molecule has 0 amide bonds. The van der Waals surface area contributed by atoms with E-state index < -0.39 is 37.6 Å². The van der Waals surface area contributed by atoms with Crippen LogP contribution in [-0.2, 0) is 0 Å². The summed E-state index contributed by atoms with van der Waals surface area (Å²) in [5.41, 5.74) is -3.00. The van der Waals surface area contributed by atoms with Crippen LogP contribution in [0.15, 0.2) is 12.1 Å². The maximum absolute atomic E-state index is 10.4. The molecule has 2 bridgehead atoms. The largest absolute Gasteiger partial charge is 0.497 e. The average molecular weight is 355 g/mol. The van der Waals surface area contributed by atoms with Gasteiger partial charge in [0.05, 0.1) is 26.9 Å². The summed E-state index contributed by atoms with van der Waals surface area (Å²) in [5, 5.41) is 47.1. The molecule has 1 aromatic rings. The topological polar surface area (TPSA) is 174 Å². The first-order valence-electron chi connectivity index (χ1n) is 7.51. The van der Waals surface area contributed by atoms with Crippen molar-refractivity contribution in [2.24, 2.45) is 11.8 Å². The van der Waals surface area contributed by atoms with E-state index in [2.05, 4.69) is 10.6 Å². The molecule has 1 aromatic carbocycles. The van der Waals surface area contributed by atoms with Crippen LogP contribution in [-0.4, -0.2) is 46.1 Å². The second-order valence-electron chi connectivity index (χ2n) is 5.89. The maximum Gasteiger partial charge on any atom is 0.324 e. The molecule has 2 aliphatic heterocycles. The Morgan fingerprint density at radius 1 is 0.840 bits per heavy atom. The van der Waals surface area contributed by atoms with E-state index in [9.17, 15) is 30.3 Å². The van der Waals surface area contributed by atoms with Gasteiger partial charge >= 0.3 is 11.4 Å². The highest BCUT2D eigenvalue weighted by Gasteiger charge is 2.30. The van der Waals surface area contributed by atoms with Gasteiger partial charge in [-0.25, -0.2) is 0 Å². The summed E-state index contributed by atoms with van der Waals surface area (Å²) in [7, 11) is 0. The molecule has 2 saturated heterocycles. The fraction of sp³-hybridized carbons (Fsp3) is 0.538. The average Bonchev–Trinajstić information content (AvgIpc) is 2.55. The lowest BCUT2D eigenvalue weighted by Crippen LogP contribution is -2.49. The van der Waals surface area contributed by atoms with Gasteiger partial charge in [-0.05, 0) is 44.4 Å². The van der Waals surface area contributed by atoms with Crippen molar-refractivity contribution in [2.45, 2.75) is 6.42 Å². The summed E-state index contributed by atoms with van der Waals surface area (Å²) in [6.07, 6.45) is 1.46. The van der Waals surface area contributed by atoms with Crippen molar-refractivity contribution in [3.63, 3.8) is 0 Å². The number of nitrogens with one attached hydrogen (secondary N) is 2. The first-order chi connectivity index (χ1) is 11.8. The molecule has 3 rings (SSSR count). The SMILES string of the molecule is C1NCC2CNCC1C2.O=[N+]([O-])c1cc([N+](=O)[O-])c(O)c([N+](=O)[O-])c1. The molecule has 0 aliphatic carbocycles. The number of benzene rings is 1. The monoisotopic (exact) mass is 355 g/mol. The minimum atomic E-state index is -1.21. The zero-order valence-corrected chi connectivity index (χ0v) is 13.1. The standard InChI is InChI=1S/C7H14N2.C6H3N3O7/c1-6-2-8-4-7(1)5-9-3-6;10-6-4(8(13)14)1-3(7(11)12)2-5(6)9(15)16/h6-9H,1-5H2;1-2,10H. The molecule has 3 N–H and O–H groups in total. The van der Waals surface area contributed by atoms with Crippen molar-refractivity contribution in [1.82, 2.24) is 10.6 Å². The number of phenolic OH excluding ortho intramolecular Hbond substituents is 1. The van der Waals surface area contributed by atoms with Gasteiger partial charge in [0.1, 0.15) is 0 Å². The van der Waals surface area contributed by atoms with E-state index in [1.807, 2.05) is 0 Å². The van der Waals surface area contributed by atoms with Crippen LogP contribution in [0.5, 0.6) is 5.75 Å². The number of nitrogens with zero attached hydrogens (tertiary/aromatic N) is 3. The molecule has 0 atom stereocenters. The van der Waals surface area contributed by atoms with E-state index in [1.54, 1.807) is 0 Å². The molecule has 0 unspecified atom stereocenters. The lowest BCUT2D eigenvalue weighted by molar-refractivity contribution is -0.404. The van der Waals surface area contributed by atoms with Gasteiger partial charge in [-0.15, -0.1) is 0 Å². The highest BCUT2D eigenvalue weighted by Crippen LogP contribution is 2.38. The number of piperidine rings is 2. The number of aromatic hydroxyl groups is 1. The number of rotatable bonds is 3. The van der Waals surface area contributed by atoms with Gasteiger partial charge in [0, 0.05) is 0 Å². The number of hydrogen-bond donors (Lipinski definition) is 3. The fourth-order valence-corrected chi connectivity index (χ4v) is 2.91. The molecule has 0 saturated carbocycles. The number of nitro groups is 3. The van der Waals surface area contributed by atoms with E-state index in [1.165, 1.54) is 32.6 Å². The lowest BCUT2D eigenvalue weighted by atomic mass is 9.87. The van der Waals surface area contributed by atoms with E-state index in [-0.39, 0.29) is 0 Å². The number of phenols is 1. The molecule has 0 aromatic heterocycles. The third kappa shape index (κ3) is 4.58. The summed E-state index contributed by atoms with van der Waals surface area (Å²) in [4.78, 5) is 27.8. The summed E-state index contributed by atoms with van der Waals surface area (Å²) in [6, 6.07) is 0.894. The van der Waals surface area contributed by atoms with Gasteiger partial charge in [-0.3, -0.25) is 30.3 Å². The van der Waals surface area contributed by atoms with Crippen molar-refractivity contribution < 1.29 is 19.9 Å². The molecule has 12 nitrogen and oxygen atoms in total. The fourth-order valence-electron chi connectivity index (χ4n) is 2.91. The Labute approximate surface area is 141 Å². The van der Waals surface area contributed by atoms with Crippen LogP contribution >= 0.6 is 0 Å². The molecule has 2 fully saturated rings. The predicted octanol–water partition coefficient (Wildman–Crippen LogP) is 0.932. The number of non-ortho nitro benzene ring substituents is 1. The first kappa shape index (κ1) is 18.5. The van der Waals surface area contributed by atoms with Crippen LogP contribution in [0.1, 0.15) is 6.42 Å². The summed E-state index contributed by atoms with van der Waals surface area (Å²) < 4.78 is 0. The Balaban J connectivity index is 0.000000208. The quantitative estimate of drug-likeness (QED) is 0.526. The minimum absolute atomic E-state index is 0.447. The van der Waals surface area contributed by atoms with E-state index in [0.29, 0.717) is 12.1 Å². The molecule has 25 heavy (non-hydrogen) atoms. The molecular formula is C13H17N5O7. The molecular weight excluding hydrogens is 338 g/mol. The molecule has 12 heteroatoms. The lowest BCUT2D eigenvalue weighted by Gasteiger charge is -2.35. The second-order valence-corrected chi connectivity index (χ2v) is 5.89. The van der Waals surface area contributed by atoms with Gasteiger partial charge in [0.25, 0.3) is 11.4 Å². The summed E-state index contributed by atoms with van der Waals surface area (Å²) in [6.45, 7) is 4.96. The predicted molar refractivity (Wildman–Crippen MR) is 85.4 cm³/mol. The normalized spacial score (nSPS) is 21.6. The molecule has 0 spiro atoms.